The van der Waals surface area contributed by atoms with Gasteiger partial charge in [-0.15, -0.1) is 0 Å². The molecule has 1 fully saturated rings. The normalized spacial score (nSPS) is 16.7. The molecule has 1 atom stereocenters. The molecule has 0 aromatic carbocycles. The van der Waals surface area contributed by atoms with Crippen molar-refractivity contribution < 1.29 is 14.3 Å². The summed E-state index contributed by atoms with van der Waals surface area (Å²) >= 11 is 6.02. The van der Waals surface area contributed by atoms with Crippen LogP contribution in [0.3, 0.4) is 0 Å². The van der Waals surface area contributed by atoms with Crippen LogP contribution in [0.15, 0.2) is 24.5 Å². The van der Waals surface area contributed by atoms with Gasteiger partial charge in [-0.3, -0.25) is 9.69 Å². The van der Waals surface area contributed by atoms with Gasteiger partial charge >= 0.3 is 6.09 Å². The van der Waals surface area contributed by atoms with Crippen molar-refractivity contribution in [2.24, 2.45) is 0 Å². The van der Waals surface area contributed by atoms with Crippen molar-refractivity contribution in [1.82, 2.24) is 24.5 Å². The van der Waals surface area contributed by atoms with Gasteiger partial charge in [0.05, 0.1) is 10.7 Å². The zero-order chi connectivity index (χ0) is 21.2. The number of carbonyl (C=O) groups excluding carboxylic acids is 2. The molecule has 158 valence electrons. The highest BCUT2D eigenvalue weighted by molar-refractivity contribution is 6.30. The maximum atomic E-state index is 12.6. The third kappa shape index (κ3) is 5.83. The fourth-order valence-corrected chi connectivity index (χ4v) is 3.44. The van der Waals surface area contributed by atoms with Gasteiger partial charge in [0.25, 0.3) is 0 Å². The van der Waals surface area contributed by atoms with E-state index >= 15 is 0 Å². The number of nitrogens with one attached hydrogen (secondary N) is 1. The van der Waals surface area contributed by atoms with Crippen molar-refractivity contribution >= 4 is 29.2 Å². The fraction of sp³-hybridized carbons (Fsp3) is 0.550. The number of amides is 2. The Kier molecular flexibility index (Phi) is 6.33. The number of piperazine rings is 1. The zero-order valence-corrected chi connectivity index (χ0v) is 18.1. The highest BCUT2D eigenvalue weighted by atomic mass is 35.5. The highest BCUT2D eigenvalue weighted by Gasteiger charge is 2.27. The number of carbonyl (C=O) groups is 2. The third-order valence-electron chi connectivity index (χ3n) is 4.64. The molecule has 0 bridgehead atoms. The minimum absolute atomic E-state index is 0.0992. The number of hydrogen-bond acceptors (Lipinski definition) is 5. The predicted molar refractivity (Wildman–Crippen MR) is 111 cm³/mol. The molecule has 3 heterocycles. The Morgan fingerprint density at radius 1 is 1.21 bits per heavy atom. The van der Waals surface area contributed by atoms with Crippen LogP contribution in [0.1, 0.15) is 33.4 Å². The maximum absolute atomic E-state index is 12.6. The van der Waals surface area contributed by atoms with E-state index in [2.05, 4.69) is 15.2 Å². The fourth-order valence-electron chi connectivity index (χ4n) is 3.27. The first-order chi connectivity index (χ1) is 13.6. The molecule has 0 radical (unpaired) electrons. The minimum Gasteiger partial charge on any atom is -0.444 e. The molecule has 1 aliphatic rings. The van der Waals surface area contributed by atoms with Crippen molar-refractivity contribution in [1.29, 1.82) is 0 Å². The summed E-state index contributed by atoms with van der Waals surface area (Å²) in [6, 6.07) is 3.09. The summed E-state index contributed by atoms with van der Waals surface area (Å²) < 4.78 is 7.13. The van der Waals surface area contributed by atoms with Crippen molar-refractivity contribution in [2.45, 2.75) is 45.9 Å². The Hall–Kier alpha value is -2.32. The van der Waals surface area contributed by atoms with Gasteiger partial charge in [0, 0.05) is 45.1 Å². The van der Waals surface area contributed by atoms with E-state index in [1.54, 1.807) is 32.6 Å². The summed E-state index contributed by atoms with van der Waals surface area (Å²) in [6.07, 6.45) is 3.23. The van der Waals surface area contributed by atoms with Crippen molar-refractivity contribution in [3.63, 3.8) is 0 Å². The van der Waals surface area contributed by atoms with Crippen molar-refractivity contribution in [3.05, 3.63) is 35.2 Å². The predicted octanol–water partition coefficient (Wildman–Crippen LogP) is 2.55. The zero-order valence-electron chi connectivity index (χ0n) is 17.3. The van der Waals surface area contributed by atoms with E-state index in [1.807, 2.05) is 28.9 Å². The molecule has 0 saturated carbocycles. The van der Waals surface area contributed by atoms with Gasteiger partial charge in [0.15, 0.2) is 0 Å². The van der Waals surface area contributed by atoms with Crippen LogP contribution in [0.4, 0.5) is 4.79 Å². The molecule has 29 heavy (non-hydrogen) atoms. The largest absolute Gasteiger partial charge is 0.444 e. The number of ether oxygens (including phenoxy) is 1. The number of fused-ring (bicyclic) bond motifs is 1. The standard InChI is InChI=1S/C20H28ClN5O3/c1-14(22-19(28)29-20(2,3)4)18(27)25-9-7-24(8-10-25)12-16-13-26-11-15(21)5-6-17(26)23-16/h5-6,11,13-14H,7-10,12H2,1-4H3,(H,22,28)/t14-/m1/s1. The molecule has 8 nitrogen and oxygen atoms in total. The maximum Gasteiger partial charge on any atom is 0.408 e. The number of alkyl carbamates (subject to hydrolysis) is 1. The van der Waals surface area contributed by atoms with E-state index in [4.69, 9.17) is 16.3 Å². The van der Waals surface area contributed by atoms with E-state index in [-0.39, 0.29) is 5.91 Å². The summed E-state index contributed by atoms with van der Waals surface area (Å²) in [5.74, 6) is -0.0992. The highest BCUT2D eigenvalue weighted by Crippen LogP contribution is 2.14. The van der Waals surface area contributed by atoms with Crippen LogP contribution < -0.4 is 5.32 Å². The molecular formula is C20H28ClN5O3. The summed E-state index contributed by atoms with van der Waals surface area (Å²) in [7, 11) is 0. The quantitative estimate of drug-likeness (QED) is 0.820. The summed E-state index contributed by atoms with van der Waals surface area (Å²) in [5.41, 5.74) is 1.23. The van der Waals surface area contributed by atoms with E-state index in [0.29, 0.717) is 24.7 Å². The molecule has 2 aromatic rings. The van der Waals surface area contributed by atoms with Crippen LogP contribution in [0.25, 0.3) is 5.65 Å². The molecule has 1 N–H and O–H groups in total. The number of imidazole rings is 1. The van der Waals surface area contributed by atoms with Gasteiger partial charge in [0.1, 0.15) is 17.3 Å². The van der Waals surface area contributed by atoms with Crippen LogP contribution >= 0.6 is 11.6 Å². The Morgan fingerprint density at radius 2 is 1.90 bits per heavy atom. The van der Waals surface area contributed by atoms with Gasteiger partial charge in [-0.2, -0.15) is 0 Å². The van der Waals surface area contributed by atoms with Gasteiger partial charge in [0.2, 0.25) is 5.91 Å². The number of hydrogen-bond donors (Lipinski definition) is 1. The number of halogens is 1. The van der Waals surface area contributed by atoms with Gasteiger partial charge in [-0.25, -0.2) is 9.78 Å². The van der Waals surface area contributed by atoms with E-state index < -0.39 is 17.7 Å². The van der Waals surface area contributed by atoms with Crippen LogP contribution in [0.2, 0.25) is 5.02 Å². The van der Waals surface area contributed by atoms with Crippen LogP contribution in [0.5, 0.6) is 0 Å². The lowest BCUT2D eigenvalue weighted by Crippen LogP contribution is -2.54. The first-order valence-corrected chi connectivity index (χ1v) is 10.1. The van der Waals surface area contributed by atoms with Crippen LogP contribution in [0, 0.1) is 0 Å². The van der Waals surface area contributed by atoms with E-state index in [9.17, 15) is 9.59 Å². The second kappa shape index (κ2) is 8.59. The second-order valence-electron chi connectivity index (χ2n) is 8.31. The average molecular weight is 422 g/mol. The smallest absolute Gasteiger partial charge is 0.408 e. The molecule has 0 unspecified atom stereocenters. The molecule has 0 aliphatic carbocycles. The third-order valence-corrected chi connectivity index (χ3v) is 4.86. The van der Waals surface area contributed by atoms with Gasteiger partial charge < -0.3 is 19.4 Å². The van der Waals surface area contributed by atoms with Gasteiger partial charge in [-0.05, 0) is 39.8 Å². The van der Waals surface area contributed by atoms with Gasteiger partial charge in [-0.1, -0.05) is 11.6 Å². The summed E-state index contributed by atoms with van der Waals surface area (Å²) in [6.45, 7) is 10.5. The molecule has 1 aliphatic heterocycles. The first kappa shape index (κ1) is 21.4. The van der Waals surface area contributed by atoms with Crippen LogP contribution in [-0.2, 0) is 16.1 Å². The Morgan fingerprint density at radius 3 is 2.55 bits per heavy atom. The number of pyridine rings is 1. The molecule has 0 spiro atoms. The Balaban J connectivity index is 1.49. The summed E-state index contributed by atoms with van der Waals surface area (Å²) in [4.78, 5) is 33.2. The molecule has 1 saturated heterocycles. The molecule has 2 aromatic heterocycles. The topological polar surface area (TPSA) is 79.2 Å². The number of rotatable bonds is 4. The number of nitrogens with zero attached hydrogens (tertiary/aromatic N) is 4. The molecule has 9 heteroatoms. The Labute approximate surface area is 175 Å². The van der Waals surface area contributed by atoms with E-state index in [0.717, 1.165) is 24.4 Å². The molecule has 3 rings (SSSR count). The lowest BCUT2D eigenvalue weighted by molar-refractivity contribution is -0.134. The molecular weight excluding hydrogens is 394 g/mol. The number of aromatic nitrogens is 2. The minimum atomic E-state index is -0.625. The summed E-state index contributed by atoms with van der Waals surface area (Å²) in [5, 5.41) is 3.28. The lowest BCUT2D eigenvalue weighted by Gasteiger charge is -2.35. The average Bonchev–Trinajstić information content (AvgIpc) is 3.01. The Bertz CT molecular complexity index is 884. The van der Waals surface area contributed by atoms with E-state index in [1.165, 1.54) is 0 Å². The SMILES string of the molecule is C[C@@H](NC(=O)OC(C)(C)C)C(=O)N1CCN(Cc2cn3cc(Cl)ccc3n2)CC1. The van der Waals surface area contributed by atoms with Crippen molar-refractivity contribution in [2.75, 3.05) is 26.2 Å². The monoisotopic (exact) mass is 421 g/mol. The second-order valence-corrected chi connectivity index (χ2v) is 8.75. The molecule has 2 amide bonds. The first-order valence-electron chi connectivity index (χ1n) is 9.74. The lowest BCUT2D eigenvalue weighted by atomic mass is 10.2. The van der Waals surface area contributed by atoms with Crippen LogP contribution in [-0.4, -0.2) is 69.0 Å². The van der Waals surface area contributed by atoms with Crippen molar-refractivity contribution in [3.8, 4) is 0 Å².